The molecule has 1 aliphatic rings. The van der Waals surface area contributed by atoms with E-state index >= 15 is 0 Å². The fourth-order valence-electron chi connectivity index (χ4n) is 6.44. The topological polar surface area (TPSA) is 114 Å². The van der Waals surface area contributed by atoms with Crippen LogP contribution in [0.25, 0.3) is 0 Å². The van der Waals surface area contributed by atoms with Crippen LogP contribution >= 0.6 is 23.2 Å². The Labute approximate surface area is 322 Å². The molecule has 10 nitrogen and oxygen atoms in total. The smallest absolute Gasteiger partial charge is 0.264 e. The van der Waals surface area contributed by atoms with E-state index in [2.05, 4.69) is 5.32 Å². The SMILES string of the molecule is CCOc1ccc(N(CC(=O)N(Cc2ccc(Cl)c(Cl)c2)[C@H](Cc2ccccc2)C(=O)NC2CCCCC2)S(=O)(=O)c2ccc(OC)c(OC)c2)cc1. The van der Waals surface area contributed by atoms with E-state index in [9.17, 15) is 18.0 Å². The van der Waals surface area contributed by atoms with Crippen molar-refractivity contribution in [2.75, 3.05) is 31.7 Å². The van der Waals surface area contributed by atoms with Gasteiger partial charge in [0.05, 0.1) is 41.5 Å². The molecular formula is C40H45Cl2N3O7S. The van der Waals surface area contributed by atoms with Crippen molar-refractivity contribution in [3.8, 4) is 17.2 Å². The number of hydrogen-bond donors (Lipinski definition) is 1. The number of sulfonamides is 1. The van der Waals surface area contributed by atoms with Crippen molar-refractivity contribution in [1.82, 2.24) is 10.2 Å². The minimum atomic E-state index is -4.41. The lowest BCUT2D eigenvalue weighted by Gasteiger charge is -2.35. The van der Waals surface area contributed by atoms with Gasteiger partial charge in [0.2, 0.25) is 11.8 Å². The number of carbonyl (C=O) groups is 2. The third-order valence-electron chi connectivity index (χ3n) is 9.22. The van der Waals surface area contributed by atoms with E-state index in [-0.39, 0.29) is 46.3 Å². The first kappa shape index (κ1) is 39.8. The fourth-order valence-corrected chi connectivity index (χ4v) is 8.19. The largest absolute Gasteiger partial charge is 0.494 e. The molecule has 1 saturated carbocycles. The molecule has 2 amide bonds. The molecule has 1 aliphatic carbocycles. The van der Waals surface area contributed by atoms with Crippen molar-refractivity contribution in [1.29, 1.82) is 0 Å². The Morgan fingerprint density at radius 2 is 1.53 bits per heavy atom. The minimum absolute atomic E-state index is 0.0257. The Kier molecular flexibility index (Phi) is 13.9. The van der Waals surface area contributed by atoms with Crippen molar-refractivity contribution in [2.45, 2.75) is 69.0 Å². The lowest BCUT2D eigenvalue weighted by atomic mass is 9.94. The highest BCUT2D eigenvalue weighted by molar-refractivity contribution is 7.92. The third-order valence-corrected chi connectivity index (χ3v) is 11.7. The van der Waals surface area contributed by atoms with Crippen LogP contribution in [0.5, 0.6) is 17.2 Å². The number of anilines is 1. The molecule has 4 aromatic rings. The van der Waals surface area contributed by atoms with E-state index in [0.717, 1.165) is 42.0 Å². The van der Waals surface area contributed by atoms with Gasteiger partial charge in [0.25, 0.3) is 10.0 Å². The fraction of sp³-hybridized carbons (Fsp3) is 0.350. The summed E-state index contributed by atoms with van der Waals surface area (Å²) in [5.41, 5.74) is 1.67. The van der Waals surface area contributed by atoms with E-state index in [1.165, 1.54) is 37.3 Å². The molecule has 0 bridgehead atoms. The molecule has 282 valence electrons. The molecule has 0 saturated heterocycles. The van der Waals surface area contributed by atoms with Gasteiger partial charge in [-0.1, -0.05) is 78.9 Å². The van der Waals surface area contributed by atoms with Gasteiger partial charge in [0.15, 0.2) is 11.5 Å². The number of nitrogens with zero attached hydrogens (tertiary/aromatic N) is 2. The maximum absolute atomic E-state index is 14.9. The van der Waals surface area contributed by atoms with Gasteiger partial charge in [-0.15, -0.1) is 0 Å². The highest BCUT2D eigenvalue weighted by Crippen LogP contribution is 2.33. The summed E-state index contributed by atoms with van der Waals surface area (Å²) in [7, 11) is -1.54. The van der Waals surface area contributed by atoms with Crippen LogP contribution in [-0.2, 0) is 32.6 Å². The maximum atomic E-state index is 14.9. The maximum Gasteiger partial charge on any atom is 0.264 e. The summed E-state index contributed by atoms with van der Waals surface area (Å²) in [5.74, 6) is 0.165. The highest BCUT2D eigenvalue weighted by atomic mass is 35.5. The predicted octanol–water partition coefficient (Wildman–Crippen LogP) is 7.69. The van der Waals surface area contributed by atoms with Crippen LogP contribution in [0.2, 0.25) is 10.0 Å². The first-order valence-corrected chi connectivity index (χ1v) is 19.8. The first-order valence-electron chi connectivity index (χ1n) is 17.6. The highest BCUT2D eigenvalue weighted by Gasteiger charge is 2.36. The molecule has 0 unspecified atom stereocenters. The molecular weight excluding hydrogens is 737 g/mol. The molecule has 0 heterocycles. The van der Waals surface area contributed by atoms with E-state index < -0.39 is 28.5 Å². The normalized spacial score (nSPS) is 13.8. The average Bonchev–Trinajstić information content (AvgIpc) is 3.17. The summed E-state index contributed by atoms with van der Waals surface area (Å²) >= 11 is 12.7. The Bertz CT molecular complexity index is 1960. The van der Waals surface area contributed by atoms with Crippen molar-refractivity contribution in [3.05, 3.63) is 112 Å². The van der Waals surface area contributed by atoms with Crippen molar-refractivity contribution < 1.29 is 32.2 Å². The zero-order chi connectivity index (χ0) is 38.0. The third kappa shape index (κ3) is 10.2. The van der Waals surface area contributed by atoms with Gasteiger partial charge >= 0.3 is 0 Å². The second-order valence-corrected chi connectivity index (χ2v) is 15.5. The molecule has 1 atom stereocenters. The second kappa shape index (κ2) is 18.5. The summed E-state index contributed by atoms with van der Waals surface area (Å²) in [5, 5.41) is 3.84. The number of benzene rings is 4. The summed E-state index contributed by atoms with van der Waals surface area (Å²) in [6.07, 6.45) is 5.01. The van der Waals surface area contributed by atoms with E-state index in [1.54, 1.807) is 42.5 Å². The van der Waals surface area contributed by atoms with Gasteiger partial charge in [-0.2, -0.15) is 0 Å². The molecule has 53 heavy (non-hydrogen) atoms. The van der Waals surface area contributed by atoms with Gasteiger partial charge in [-0.3, -0.25) is 13.9 Å². The zero-order valence-electron chi connectivity index (χ0n) is 30.1. The number of amides is 2. The van der Waals surface area contributed by atoms with Crippen LogP contribution in [0.1, 0.15) is 50.2 Å². The van der Waals surface area contributed by atoms with Crippen LogP contribution in [0.4, 0.5) is 5.69 Å². The van der Waals surface area contributed by atoms with Gasteiger partial charge in [-0.25, -0.2) is 8.42 Å². The quantitative estimate of drug-likeness (QED) is 0.124. The van der Waals surface area contributed by atoms with Crippen molar-refractivity contribution in [2.24, 2.45) is 0 Å². The van der Waals surface area contributed by atoms with Gasteiger partial charge < -0.3 is 24.4 Å². The molecule has 0 aliphatic heterocycles. The van der Waals surface area contributed by atoms with E-state index in [1.807, 2.05) is 37.3 Å². The van der Waals surface area contributed by atoms with Crippen LogP contribution in [0.3, 0.4) is 0 Å². The molecule has 5 rings (SSSR count). The molecule has 0 radical (unpaired) electrons. The van der Waals surface area contributed by atoms with E-state index in [4.69, 9.17) is 37.4 Å². The lowest BCUT2D eigenvalue weighted by molar-refractivity contribution is -0.140. The van der Waals surface area contributed by atoms with Gasteiger partial charge in [0, 0.05) is 25.1 Å². The van der Waals surface area contributed by atoms with Crippen LogP contribution in [-0.4, -0.2) is 64.6 Å². The summed E-state index contributed by atoms with van der Waals surface area (Å²) in [6, 6.07) is 24.1. The number of ether oxygens (including phenoxy) is 3. The number of rotatable bonds is 16. The first-order chi connectivity index (χ1) is 25.5. The number of halogens is 2. The summed E-state index contributed by atoms with van der Waals surface area (Å²) in [4.78, 5) is 30.6. The van der Waals surface area contributed by atoms with E-state index in [0.29, 0.717) is 28.7 Å². The monoisotopic (exact) mass is 781 g/mol. The number of carbonyl (C=O) groups excluding carboxylic acids is 2. The predicted molar refractivity (Wildman–Crippen MR) is 208 cm³/mol. The Balaban J connectivity index is 1.60. The molecule has 4 aromatic carbocycles. The second-order valence-electron chi connectivity index (χ2n) is 12.8. The Morgan fingerprint density at radius 3 is 2.17 bits per heavy atom. The molecule has 0 spiro atoms. The molecule has 1 N–H and O–H groups in total. The summed E-state index contributed by atoms with van der Waals surface area (Å²) in [6.45, 7) is 1.59. The van der Waals surface area contributed by atoms with Crippen LogP contribution in [0.15, 0.2) is 95.9 Å². The van der Waals surface area contributed by atoms with Gasteiger partial charge in [0.1, 0.15) is 18.3 Å². The Morgan fingerprint density at radius 1 is 0.830 bits per heavy atom. The molecule has 0 aromatic heterocycles. The molecule has 13 heteroatoms. The number of hydrogen-bond acceptors (Lipinski definition) is 7. The van der Waals surface area contributed by atoms with Crippen molar-refractivity contribution >= 4 is 50.7 Å². The summed E-state index contributed by atoms with van der Waals surface area (Å²) < 4.78 is 46.6. The number of methoxy groups -OCH3 is 2. The zero-order valence-corrected chi connectivity index (χ0v) is 32.4. The van der Waals surface area contributed by atoms with Crippen LogP contribution in [0, 0.1) is 0 Å². The molecule has 1 fully saturated rings. The standard InChI is InChI=1S/C40H45Cl2N3O7S/c1-4-52-32-18-16-31(17-19-32)45(53(48,49)33-20-22-37(50-2)38(25-33)51-3)27-39(46)44(26-29-15-21-34(41)35(42)23-29)36(24-28-11-7-5-8-12-28)40(47)43-30-13-9-6-10-14-30/h5,7-8,11-12,15-23,25,30,36H,4,6,9-10,13-14,24,26-27H2,1-3H3,(H,43,47)/t36-/m1/s1. The number of nitrogens with one attached hydrogen (secondary N) is 1. The van der Waals surface area contributed by atoms with Crippen LogP contribution < -0.4 is 23.8 Å². The average molecular weight is 783 g/mol. The van der Waals surface area contributed by atoms with Crippen molar-refractivity contribution in [3.63, 3.8) is 0 Å². The minimum Gasteiger partial charge on any atom is -0.494 e. The van der Waals surface area contributed by atoms with Gasteiger partial charge in [-0.05, 0) is 79.4 Å². The lowest BCUT2D eigenvalue weighted by Crippen LogP contribution is -2.55. The Hall–Kier alpha value is -4.45.